The summed E-state index contributed by atoms with van der Waals surface area (Å²) in [4.78, 5) is 9.36. The van der Waals surface area contributed by atoms with E-state index >= 15 is 0 Å². The zero-order valence-corrected chi connectivity index (χ0v) is 10.6. The Bertz CT molecular complexity index is 386. The first-order valence-electron chi connectivity index (χ1n) is 6.07. The summed E-state index contributed by atoms with van der Waals surface area (Å²) in [6.45, 7) is 10.1. The molecule has 0 saturated heterocycles. The van der Waals surface area contributed by atoms with Crippen LogP contribution in [0.25, 0.3) is 0 Å². The summed E-state index contributed by atoms with van der Waals surface area (Å²) in [7, 11) is 0. The monoisotopic (exact) mass is 220 g/mol. The Morgan fingerprint density at radius 3 is 2.44 bits per heavy atom. The van der Waals surface area contributed by atoms with E-state index in [1.807, 2.05) is 0 Å². The van der Waals surface area contributed by atoms with Crippen LogP contribution in [0, 0.1) is 0 Å². The molecule has 0 unspecified atom stereocenters. The zero-order valence-electron chi connectivity index (χ0n) is 10.6. The highest BCUT2D eigenvalue weighted by Crippen LogP contribution is 2.25. The van der Waals surface area contributed by atoms with Crippen molar-refractivity contribution >= 4 is 0 Å². The average molecular weight is 220 g/mol. The highest BCUT2D eigenvalue weighted by Gasteiger charge is 2.20. The molecule has 1 aliphatic heterocycles. The molecule has 2 heterocycles. The van der Waals surface area contributed by atoms with Crippen molar-refractivity contribution in [1.82, 2.24) is 9.97 Å². The third-order valence-corrected chi connectivity index (χ3v) is 2.93. The van der Waals surface area contributed by atoms with Crippen molar-refractivity contribution in [3.8, 4) is 0 Å². The molecule has 1 aliphatic rings. The number of hydrogen-bond donors (Lipinski definition) is 0. The molecule has 3 nitrogen and oxygen atoms in total. The molecule has 2 rings (SSSR count). The lowest BCUT2D eigenvalue weighted by molar-refractivity contribution is 0.107. The molecule has 16 heavy (non-hydrogen) atoms. The van der Waals surface area contributed by atoms with Crippen LogP contribution < -0.4 is 0 Å². The molecule has 0 fully saturated rings. The first kappa shape index (κ1) is 11.5. The lowest BCUT2D eigenvalue weighted by Crippen LogP contribution is -2.18. The van der Waals surface area contributed by atoms with Gasteiger partial charge < -0.3 is 4.74 Å². The van der Waals surface area contributed by atoms with E-state index in [9.17, 15) is 0 Å². The van der Waals surface area contributed by atoms with Crippen molar-refractivity contribution in [2.75, 3.05) is 6.61 Å². The highest BCUT2D eigenvalue weighted by molar-refractivity contribution is 5.29. The average Bonchev–Trinajstić information content (AvgIpc) is 2.27. The molecule has 0 spiro atoms. The summed E-state index contributed by atoms with van der Waals surface area (Å²) >= 11 is 0. The Balaban J connectivity index is 2.52. The fraction of sp³-hybridized carbons (Fsp3) is 0.692. The third kappa shape index (κ3) is 2.09. The van der Waals surface area contributed by atoms with Gasteiger partial charge in [-0.05, 0) is 5.92 Å². The van der Waals surface area contributed by atoms with Gasteiger partial charge >= 0.3 is 0 Å². The van der Waals surface area contributed by atoms with Gasteiger partial charge in [0.25, 0.3) is 0 Å². The van der Waals surface area contributed by atoms with E-state index in [4.69, 9.17) is 9.72 Å². The maximum atomic E-state index is 5.51. The number of rotatable bonds is 2. The SMILES string of the molecule is CC(C)c1nc2c(c(C(C)C)n1)COCC2. The van der Waals surface area contributed by atoms with E-state index in [0.717, 1.165) is 18.9 Å². The molecule has 1 aromatic rings. The first-order chi connectivity index (χ1) is 7.59. The van der Waals surface area contributed by atoms with Crippen LogP contribution in [0.5, 0.6) is 0 Å². The molecule has 0 amide bonds. The van der Waals surface area contributed by atoms with Crippen LogP contribution >= 0.6 is 0 Å². The van der Waals surface area contributed by atoms with Gasteiger partial charge in [-0.3, -0.25) is 0 Å². The molecule has 0 radical (unpaired) electrons. The maximum Gasteiger partial charge on any atom is 0.131 e. The molecule has 0 saturated carbocycles. The van der Waals surface area contributed by atoms with Crippen molar-refractivity contribution in [3.05, 3.63) is 22.8 Å². The minimum absolute atomic E-state index is 0.394. The Kier molecular flexibility index (Phi) is 3.24. The fourth-order valence-corrected chi connectivity index (χ4v) is 2.01. The largest absolute Gasteiger partial charge is 0.376 e. The van der Waals surface area contributed by atoms with Gasteiger partial charge in [-0.25, -0.2) is 9.97 Å². The van der Waals surface area contributed by atoms with E-state index in [1.165, 1.54) is 17.0 Å². The smallest absolute Gasteiger partial charge is 0.131 e. The Morgan fingerprint density at radius 1 is 1.06 bits per heavy atom. The predicted molar refractivity (Wildman–Crippen MR) is 63.6 cm³/mol. The number of nitrogens with zero attached hydrogens (tertiary/aromatic N) is 2. The zero-order chi connectivity index (χ0) is 11.7. The lowest BCUT2D eigenvalue weighted by Gasteiger charge is -2.22. The van der Waals surface area contributed by atoms with Crippen LogP contribution in [0.2, 0.25) is 0 Å². The molecule has 0 aliphatic carbocycles. The lowest BCUT2D eigenvalue weighted by atomic mass is 9.99. The van der Waals surface area contributed by atoms with Crippen molar-refractivity contribution in [2.24, 2.45) is 0 Å². The summed E-state index contributed by atoms with van der Waals surface area (Å²) in [6.07, 6.45) is 0.928. The van der Waals surface area contributed by atoms with Crippen LogP contribution in [0.15, 0.2) is 0 Å². The molecule has 0 aromatic carbocycles. The van der Waals surface area contributed by atoms with Crippen molar-refractivity contribution < 1.29 is 4.74 Å². The van der Waals surface area contributed by atoms with Crippen LogP contribution in [-0.4, -0.2) is 16.6 Å². The number of hydrogen-bond acceptors (Lipinski definition) is 3. The van der Waals surface area contributed by atoms with Gasteiger partial charge in [-0.2, -0.15) is 0 Å². The number of fused-ring (bicyclic) bond motifs is 1. The van der Waals surface area contributed by atoms with Gasteiger partial charge in [0, 0.05) is 17.9 Å². The predicted octanol–water partition coefficient (Wildman–Crippen LogP) is 2.80. The Hall–Kier alpha value is -0.960. The van der Waals surface area contributed by atoms with Crippen LogP contribution in [0.3, 0.4) is 0 Å². The summed E-state index contributed by atoms with van der Waals surface area (Å²) in [5, 5.41) is 0. The molecule has 0 atom stereocenters. The van der Waals surface area contributed by atoms with E-state index in [2.05, 4.69) is 32.7 Å². The third-order valence-electron chi connectivity index (χ3n) is 2.93. The molecular formula is C13H20N2O. The van der Waals surface area contributed by atoms with Gasteiger partial charge in [-0.15, -0.1) is 0 Å². The Morgan fingerprint density at radius 2 is 1.81 bits per heavy atom. The summed E-state index contributed by atoms with van der Waals surface area (Å²) in [6, 6.07) is 0. The molecule has 0 N–H and O–H groups in total. The van der Waals surface area contributed by atoms with E-state index in [1.54, 1.807) is 0 Å². The number of ether oxygens (including phenoxy) is 1. The van der Waals surface area contributed by atoms with Gasteiger partial charge in [0.2, 0.25) is 0 Å². The summed E-state index contributed by atoms with van der Waals surface area (Å²) in [5.41, 5.74) is 3.60. The standard InChI is InChI=1S/C13H20N2O/c1-8(2)12-10-7-16-6-5-11(10)14-13(15-12)9(3)4/h8-9H,5-7H2,1-4H3. The second-order valence-electron chi connectivity index (χ2n) is 5.00. The summed E-state index contributed by atoms with van der Waals surface area (Å²) in [5.74, 6) is 1.81. The van der Waals surface area contributed by atoms with Gasteiger partial charge in [0.05, 0.1) is 24.6 Å². The highest BCUT2D eigenvalue weighted by atomic mass is 16.5. The van der Waals surface area contributed by atoms with E-state index in [0.29, 0.717) is 18.4 Å². The van der Waals surface area contributed by atoms with E-state index in [-0.39, 0.29) is 0 Å². The van der Waals surface area contributed by atoms with Crippen molar-refractivity contribution in [3.63, 3.8) is 0 Å². The number of aromatic nitrogens is 2. The van der Waals surface area contributed by atoms with Crippen LogP contribution in [0.1, 0.15) is 62.3 Å². The van der Waals surface area contributed by atoms with Crippen molar-refractivity contribution in [1.29, 1.82) is 0 Å². The molecular weight excluding hydrogens is 200 g/mol. The Labute approximate surface area is 97.3 Å². The molecule has 88 valence electrons. The van der Waals surface area contributed by atoms with Crippen LogP contribution in [-0.2, 0) is 17.8 Å². The topological polar surface area (TPSA) is 35.0 Å². The first-order valence-corrected chi connectivity index (χ1v) is 6.07. The molecule has 1 aromatic heterocycles. The molecule has 3 heteroatoms. The second-order valence-corrected chi connectivity index (χ2v) is 5.00. The minimum Gasteiger partial charge on any atom is -0.376 e. The fourth-order valence-electron chi connectivity index (χ4n) is 2.01. The van der Waals surface area contributed by atoms with E-state index < -0.39 is 0 Å². The van der Waals surface area contributed by atoms with Crippen LogP contribution in [0.4, 0.5) is 0 Å². The second kappa shape index (κ2) is 4.50. The maximum absolute atomic E-state index is 5.51. The quantitative estimate of drug-likeness (QED) is 0.768. The van der Waals surface area contributed by atoms with Gasteiger partial charge in [0.15, 0.2) is 0 Å². The normalized spacial score (nSPS) is 15.6. The summed E-state index contributed by atoms with van der Waals surface area (Å²) < 4.78 is 5.51. The van der Waals surface area contributed by atoms with Gasteiger partial charge in [-0.1, -0.05) is 27.7 Å². The van der Waals surface area contributed by atoms with Crippen molar-refractivity contribution in [2.45, 2.75) is 52.6 Å². The van der Waals surface area contributed by atoms with Gasteiger partial charge in [0.1, 0.15) is 5.82 Å². The minimum atomic E-state index is 0.394. The molecule has 0 bridgehead atoms.